The molecule has 0 amide bonds. The molecule has 8 aromatic carbocycles. The van der Waals surface area contributed by atoms with E-state index in [-0.39, 0.29) is 82.4 Å². The monoisotopic (exact) mass is 1050 g/mol. The quantitative estimate of drug-likeness (QED) is 0.0708. The van der Waals surface area contributed by atoms with Crippen LogP contribution in [0.15, 0.2) is 97.1 Å². The summed E-state index contributed by atoms with van der Waals surface area (Å²) in [5.74, 6) is -10.5. The smallest absolute Gasteiger partial charge is 0.200 e. The molecule has 8 rings (SSSR count). The first-order chi connectivity index (χ1) is 35.6. The minimum Gasteiger partial charge on any atom is -0.508 e. The maximum Gasteiger partial charge on any atom is 0.200 e. The van der Waals surface area contributed by atoms with Crippen molar-refractivity contribution in [2.75, 3.05) is 0 Å². The fourth-order valence-electron chi connectivity index (χ4n) is 7.08. The van der Waals surface area contributed by atoms with Gasteiger partial charge in [0.15, 0.2) is 74.7 Å². The zero-order valence-electron chi connectivity index (χ0n) is 39.4. The molecule has 0 aliphatic heterocycles. The van der Waals surface area contributed by atoms with Crippen LogP contribution in [0.1, 0.15) is 50.1 Å². The van der Waals surface area contributed by atoms with Crippen LogP contribution in [-0.2, 0) is 25.7 Å². The SMILES string of the molecule is Cc1c(Cc2ccc(O)cc2O)cc(O)c(O)c1O.Oc1cc(Cc2ccc(O)c(O)c2O)cc(O)c1O.Oc1cc(O)c(Cc2ccc(O)c(O)c2O)c(O)c1.Oc1ccc(Cc2ccc(O)c(O)c2O)c(O)c1O. The van der Waals surface area contributed by atoms with Gasteiger partial charge in [-0.3, -0.25) is 0 Å². The summed E-state index contributed by atoms with van der Waals surface area (Å²) in [6.07, 6.45) is 0.247. The van der Waals surface area contributed by atoms with Gasteiger partial charge in [0.05, 0.1) is 0 Å². The molecule has 0 bridgehead atoms. The molecule has 8 aromatic rings. The van der Waals surface area contributed by atoms with E-state index in [2.05, 4.69) is 0 Å². The van der Waals surface area contributed by atoms with Crippen molar-refractivity contribution < 1.29 is 117 Å². The van der Waals surface area contributed by atoms with Gasteiger partial charge in [0.2, 0.25) is 28.7 Å². The van der Waals surface area contributed by atoms with Crippen LogP contribution in [0.3, 0.4) is 0 Å². The lowest BCUT2D eigenvalue weighted by molar-refractivity contribution is 0.362. The third kappa shape index (κ3) is 12.8. The average Bonchev–Trinajstić information content (AvgIpc) is 3.37. The molecule has 23 N–H and O–H groups in total. The van der Waals surface area contributed by atoms with Gasteiger partial charge in [-0.05, 0) is 77.7 Å². The summed E-state index contributed by atoms with van der Waals surface area (Å²) < 4.78 is 0. The van der Waals surface area contributed by atoms with Gasteiger partial charge in [-0.1, -0.05) is 30.3 Å². The molecule has 0 saturated heterocycles. The lowest BCUT2D eigenvalue weighted by Gasteiger charge is -2.12. The van der Waals surface area contributed by atoms with E-state index in [4.69, 9.17) is 0 Å². The molecule has 0 aliphatic carbocycles. The van der Waals surface area contributed by atoms with Crippen molar-refractivity contribution in [2.24, 2.45) is 0 Å². The van der Waals surface area contributed by atoms with Gasteiger partial charge >= 0.3 is 0 Å². The van der Waals surface area contributed by atoms with Crippen molar-refractivity contribution in [3.05, 3.63) is 147 Å². The number of phenolic OH excluding ortho intramolecular Hbond substituents is 23. The van der Waals surface area contributed by atoms with Crippen molar-refractivity contribution >= 4 is 0 Å². The molecule has 0 fully saturated rings. The summed E-state index contributed by atoms with van der Waals surface area (Å²) >= 11 is 0. The lowest BCUT2D eigenvalue weighted by Crippen LogP contribution is -1.93. The highest BCUT2D eigenvalue weighted by Crippen LogP contribution is 2.45. The van der Waals surface area contributed by atoms with Crippen LogP contribution in [0.5, 0.6) is 132 Å². The molecule has 0 radical (unpaired) electrons. The van der Waals surface area contributed by atoms with Crippen LogP contribution < -0.4 is 0 Å². The van der Waals surface area contributed by atoms with Crippen LogP contribution in [0.2, 0.25) is 0 Å². The normalized spacial score (nSPS) is 10.5. The van der Waals surface area contributed by atoms with Gasteiger partial charge in [0, 0.05) is 71.7 Å². The number of benzene rings is 8. The van der Waals surface area contributed by atoms with Gasteiger partial charge in [-0.15, -0.1) is 0 Å². The molecule has 0 aliphatic rings. The fourth-order valence-corrected chi connectivity index (χ4v) is 7.08. The van der Waals surface area contributed by atoms with E-state index in [1.165, 1.54) is 78.9 Å². The van der Waals surface area contributed by atoms with Gasteiger partial charge in [-0.25, -0.2) is 0 Å². The van der Waals surface area contributed by atoms with E-state index in [9.17, 15) is 117 Å². The van der Waals surface area contributed by atoms with E-state index in [0.717, 1.165) is 12.1 Å². The molecule has 23 nitrogen and oxygen atoms in total. The highest BCUT2D eigenvalue weighted by Gasteiger charge is 2.20. The van der Waals surface area contributed by atoms with E-state index in [1.807, 2.05) is 0 Å². The van der Waals surface area contributed by atoms with E-state index >= 15 is 0 Å². The Morgan fingerprint density at radius 2 is 0.553 bits per heavy atom. The number of hydrogen-bond donors (Lipinski definition) is 23. The molecule has 0 saturated carbocycles. The maximum atomic E-state index is 9.70. The van der Waals surface area contributed by atoms with Gasteiger partial charge < -0.3 is 117 Å². The van der Waals surface area contributed by atoms with E-state index in [1.54, 1.807) is 13.0 Å². The third-order valence-electron chi connectivity index (χ3n) is 11.4. The molecular weight excluding hydrogens is 1000 g/mol. The van der Waals surface area contributed by atoms with Crippen LogP contribution in [0.25, 0.3) is 0 Å². The summed E-state index contributed by atoms with van der Waals surface area (Å²) in [6.45, 7) is 1.60. The van der Waals surface area contributed by atoms with Gasteiger partial charge in [-0.2, -0.15) is 0 Å². The Morgan fingerprint density at radius 1 is 0.224 bits per heavy atom. The second kappa shape index (κ2) is 23.1. The Balaban J connectivity index is 0.000000187. The van der Waals surface area contributed by atoms with Gasteiger partial charge in [0.25, 0.3) is 0 Å². The highest BCUT2D eigenvalue weighted by atomic mass is 16.4. The van der Waals surface area contributed by atoms with Crippen LogP contribution in [-0.4, -0.2) is 117 Å². The topological polar surface area (TPSA) is 465 Å². The van der Waals surface area contributed by atoms with Crippen LogP contribution in [0.4, 0.5) is 0 Å². The largest absolute Gasteiger partial charge is 0.508 e. The predicted octanol–water partition coefficient (Wildman–Crippen LogP) is 6.65. The first kappa shape index (κ1) is 56.1. The third-order valence-corrected chi connectivity index (χ3v) is 11.4. The minimum absolute atomic E-state index is 0.000648. The Kier molecular flexibility index (Phi) is 17.1. The van der Waals surface area contributed by atoms with Crippen LogP contribution in [0, 0.1) is 6.92 Å². The second-order valence-electron chi connectivity index (χ2n) is 16.6. The lowest BCUT2D eigenvalue weighted by atomic mass is 9.98. The number of hydrogen-bond acceptors (Lipinski definition) is 23. The van der Waals surface area contributed by atoms with Crippen molar-refractivity contribution in [2.45, 2.75) is 32.6 Å². The fraction of sp³-hybridized carbons (Fsp3) is 0.0943. The molecule has 23 heteroatoms. The molecule has 0 aromatic heterocycles. The van der Waals surface area contributed by atoms with E-state index in [0.29, 0.717) is 27.8 Å². The molecule has 0 spiro atoms. The Labute approximate surface area is 428 Å². The molecular formula is C53H50O23. The van der Waals surface area contributed by atoms with Crippen molar-refractivity contribution in [1.82, 2.24) is 0 Å². The molecule has 0 heterocycles. The predicted molar refractivity (Wildman–Crippen MR) is 266 cm³/mol. The summed E-state index contributed by atoms with van der Waals surface area (Å²) in [6, 6.07) is 20.3. The standard InChI is InChI=1S/C14H14O5.3C13H12O6/c1-7-9(5-12(17)14(19)13(7)18)4-8-2-3-10(15)6-11(8)16;14-8-3-1-6(10(16)12(8)18)5-7-2-4-9(15)13(19)11(7)17;14-8-2-1-7(11(17)13(8)19)3-6-4-9(15)12(18)10(16)5-6;14-7-4-10(16)8(11(17)5-7)3-6-1-2-9(15)13(19)12(6)18/h2-3,5-6,15-19H,4H2,1H3;1-4,14-19H,5H2;2*1-2,4-5,14-19H,3H2. The number of rotatable bonds is 8. The zero-order chi connectivity index (χ0) is 56.6. The maximum absolute atomic E-state index is 9.70. The second-order valence-corrected chi connectivity index (χ2v) is 16.6. The van der Waals surface area contributed by atoms with Crippen LogP contribution >= 0.6 is 0 Å². The average molecular weight is 1050 g/mol. The summed E-state index contributed by atoms with van der Waals surface area (Å²) in [5.41, 5.74) is 2.99. The minimum atomic E-state index is -0.671. The first-order valence-electron chi connectivity index (χ1n) is 21.7. The molecule has 76 heavy (non-hydrogen) atoms. The summed E-state index contributed by atoms with van der Waals surface area (Å²) in [5, 5.41) is 217. The molecule has 400 valence electrons. The highest BCUT2D eigenvalue weighted by molar-refractivity contribution is 5.61. The summed E-state index contributed by atoms with van der Waals surface area (Å²) in [4.78, 5) is 0. The van der Waals surface area contributed by atoms with E-state index < -0.39 is 97.7 Å². The Hall–Kier alpha value is -10.8. The Morgan fingerprint density at radius 3 is 0.961 bits per heavy atom. The van der Waals surface area contributed by atoms with Crippen molar-refractivity contribution in [1.29, 1.82) is 0 Å². The van der Waals surface area contributed by atoms with Crippen molar-refractivity contribution in [3.8, 4) is 132 Å². The number of aromatic hydroxyl groups is 23. The van der Waals surface area contributed by atoms with Gasteiger partial charge in [0.1, 0.15) is 28.7 Å². The number of phenols is 23. The van der Waals surface area contributed by atoms with Crippen molar-refractivity contribution in [3.63, 3.8) is 0 Å². The Bertz CT molecular complexity index is 3340. The summed E-state index contributed by atoms with van der Waals surface area (Å²) in [7, 11) is 0. The first-order valence-corrected chi connectivity index (χ1v) is 21.7. The molecule has 0 unspecified atom stereocenters. The molecule has 0 atom stereocenters. The zero-order valence-corrected chi connectivity index (χ0v) is 39.4.